The monoisotopic (exact) mass is 429 g/mol. The molecule has 0 aliphatic carbocycles. The molecule has 0 radical (unpaired) electrons. The molecule has 154 valence electrons. The van der Waals surface area contributed by atoms with E-state index in [-0.39, 0.29) is 29.3 Å². The predicted octanol–water partition coefficient (Wildman–Crippen LogP) is 2.12. The van der Waals surface area contributed by atoms with Crippen LogP contribution in [0.2, 0.25) is 5.02 Å². The van der Waals surface area contributed by atoms with Crippen LogP contribution in [0.25, 0.3) is 11.4 Å². The molecule has 0 bridgehead atoms. The number of halogens is 2. The fourth-order valence-electron chi connectivity index (χ4n) is 3.26. The first-order valence-electron chi connectivity index (χ1n) is 9.13. The number of Topliss-reactive ketones (excluding diaryl/α,β-unsaturated/α-hetero) is 1. The average molecular weight is 430 g/mol. The maximum atomic E-state index is 13.7. The van der Waals surface area contributed by atoms with Crippen LogP contribution in [-0.2, 0) is 11.8 Å². The number of anilines is 1. The largest absolute Gasteiger partial charge is 0.366 e. The third-order valence-corrected chi connectivity index (χ3v) is 4.96. The van der Waals surface area contributed by atoms with Crippen molar-refractivity contribution in [3.63, 3.8) is 0 Å². The van der Waals surface area contributed by atoms with Crippen molar-refractivity contribution in [2.75, 3.05) is 24.6 Å². The first-order chi connectivity index (χ1) is 14.4. The van der Waals surface area contributed by atoms with E-state index >= 15 is 0 Å². The highest BCUT2D eigenvalue weighted by Crippen LogP contribution is 2.21. The Morgan fingerprint density at radius 3 is 2.83 bits per heavy atom. The molecule has 4 rings (SSSR count). The van der Waals surface area contributed by atoms with E-state index in [2.05, 4.69) is 15.0 Å². The summed E-state index contributed by atoms with van der Waals surface area (Å²) in [5, 5.41) is 0.132. The highest BCUT2D eigenvalue weighted by Gasteiger charge is 2.30. The van der Waals surface area contributed by atoms with Gasteiger partial charge in [-0.15, -0.1) is 0 Å². The third-order valence-electron chi connectivity index (χ3n) is 4.74. The van der Waals surface area contributed by atoms with E-state index in [0.717, 1.165) is 12.1 Å². The van der Waals surface area contributed by atoms with Gasteiger partial charge < -0.3 is 9.64 Å². The van der Waals surface area contributed by atoms with Gasteiger partial charge in [0.05, 0.1) is 24.5 Å². The van der Waals surface area contributed by atoms with Gasteiger partial charge in [0.2, 0.25) is 5.95 Å². The lowest BCUT2D eigenvalue weighted by atomic mass is 10.0. The fraction of sp³-hybridized carbons (Fsp3) is 0.250. The number of benzene rings is 1. The van der Waals surface area contributed by atoms with Crippen molar-refractivity contribution in [2.24, 2.45) is 7.05 Å². The molecule has 1 aliphatic rings. The minimum atomic E-state index is -0.851. The van der Waals surface area contributed by atoms with Crippen molar-refractivity contribution in [1.29, 1.82) is 0 Å². The summed E-state index contributed by atoms with van der Waals surface area (Å²) in [6.45, 7) is 0.828. The number of aromatic nitrogens is 4. The molecule has 10 heteroatoms. The van der Waals surface area contributed by atoms with Crippen LogP contribution in [0.1, 0.15) is 10.4 Å². The zero-order valence-electron chi connectivity index (χ0n) is 16.0. The van der Waals surface area contributed by atoms with Gasteiger partial charge >= 0.3 is 0 Å². The number of ether oxygens (including phenoxy) is 1. The fourth-order valence-corrected chi connectivity index (χ4v) is 3.48. The van der Waals surface area contributed by atoms with Crippen LogP contribution >= 0.6 is 11.6 Å². The van der Waals surface area contributed by atoms with Gasteiger partial charge in [-0.3, -0.25) is 14.2 Å². The van der Waals surface area contributed by atoms with Gasteiger partial charge in [0, 0.05) is 36.4 Å². The molecule has 0 spiro atoms. The standard InChI is InChI=1S/C20H17ClFN5O3/c1-26-18(28)9-16(15-2-3-23-11-24-15)25-20(26)27-4-5-30-17(10-27)19(29)12-6-13(21)8-14(22)7-12/h2-3,6-9,11,17H,4-5,10H2,1H3. The second kappa shape index (κ2) is 8.29. The topological polar surface area (TPSA) is 90.2 Å². The summed E-state index contributed by atoms with van der Waals surface area (Å²) in [5.41, 5.74) is 0.782. The van der Waals surface area contributed by atoms with Gasteiger partial charge in [0.1, 0.15) is 18.2 Å². The molecule has 1 unspecified atom stereocenters. The molecule has 1 atom stereocenters. The van der Waals surface area contributed by atoms with Crippen molar-refractivity contribution < 1.29 is 13.9 Å². The predicted molar refractivity (Wildman–Crippen MR) is 108 cm³/mol. The summed E-state index contributed by atoms with van der Waals surface area (Å²) in [5.74, 6) is -0.604. The van der Waals surface area contributed by atoms with Crippen LogP contribution in [0.5, 0.6) is 0 Å². The number of ketones is 1. The Labute approximate surface area is 175 Å². The summed E-state index contributed by atoms with van der Waals surface area (Å²) >= 11 is 5.87. The minimum absolute atomic E-state index is 0.128. The van der Waals surface area contributed by atoms with Crippen LogP contribution < -0.4 is 10.5 Å². The van der Waals surface area contributed by atoms with Crippen LogP contribution in [0.15, 0.2) is 47.7 Å². The first kappa shape index (κ1) is 20.1. The number of carbonyl (C=O) groups excluding carboxylic acids is 1. The van der Waals surface area contributed by atoms with Gasteiger partial charge in [-0.2, -0.15) is 0 Å². The zero-order valence-corrected chi connectivity index (χ0v) is 16.7. The van der Waals surface area contributed by atoms with Gasteiger partial charge in [0.15, 0.2) is 5.78 Å². The lowest BCUT2D eigenvalue weighted by Crippen LogP contribution is -2.48. The van der Waals surface area contributed by atoms with E-state index in [1.54, 1.807) is 24.2 Å². The van der Waals surface area contributed by atoms with E-state index in [4.69, 9.17) is 16.3 Å². The van der Waals surface area contributed by atoms with Crippen molar-refractivity contribution in [3.05, 3.63) is 69.6 Å². The second-order valence-electron chi connectivity index (χ2n) is 6.76. The van der Waals surface area contributed by atoms with Crippen molar-refractivity contribution in [3.8, 4) is 11.4 Å². The number of morpholine rings is 1. The van der Waals surface area contributed by atoms with E-state index in [9.17, 15) is 14.0 Å². The van der Waals surface area contributed by atoms with E-state index in [1.165, 1.54) is 23.0 Å². The Balaban J connectivity index is 1.64. The van der Waals surface area contributed by atoms with Crippen molar-refractivity contribution in [2.45, 2.75) is 6.10 Å². The Morgan fingerprint density at radius 2 is 2.10 bits per heavy atom. The molecular formula is C20H17ClFN5O3. The molecule has 1 fully saturated rings. The number of carbonyl (C=O) groups is 1. The highest BCUT2D eigenvalue weighted by atomic mass is 35.5. The third kappa shape index (κ3) is 4.07. The van der Waals surface area contributed by atoms with Crippen LogP contribution in [0, 0.1) is 5.82 Å². The Hall–Kier alpha value is -3.17. The van der Waals surface area contributed by atoms with E-state index in [1.807, 2.05) is 0 Å². The number of nitrogens with zero attached hydrogens (tertiary/aromatic N) is 5. The maximum absolute atomic E-state index is 13.7. The lowest BCUT2D eigenvalue weighted by Gasteiger charge is -2.33. The molecule has 0 saturated carbocycles. The molecule has 3 heterocycles. The van der Waals surface area contributed by atoms with Gasteiger partial charge in [-0.1, -0.05) is 11.6 Å². The van der Waals surface area contributed by atoms with Crippen LogP contribution in [-0.4, -0.2) is 51.1 Å². The second-order valence-corrected chi connectivity index (χ2v) is 7.20. The molecule has 0 N–H and O–H groups in total. The molecule has 1 aliphatic heterocycles. The smallest absolute Gasteiger partial charge is 0.255 e. The maximum Gasteiger partial charge on any atom is 0.255 e. The Morgan fingerprint density at radius 1 is 1.27 bits per heavy atom. The lowest BCUT2D eigenvalue weighted by molar-refractivity contribution is 0.0336. The van der Waals surface area contributed by atoms with Crippen LogP contribution in [0.3, 0.4) is 0 Å². The zero-order chi connectivity index (χ0) is 21.3. The molecule has 8 nitrogen and oxygen atoms in total. The number of hydrogen-bond acceptors (Lipinski definition) is 7. The first-order valence-corrected chi connectivity index (χ1v) is 9.51. The van der Waals surface area contributed by atoms with Gasteiger partial charge in [0.25, 0.3) is 5.56 Å². The normalized spacial score (nSPS) is 16.5. The minimum Gasteiger partial charge on any atom is -0.366 e. The summed E-state index contributed by atoms with van der Waals surface area (Å²) in [4.78, 5) is 39.7. The summed E-state index contributed by atoms with van der Waals surface area (Å²) in [7, 11) is 1.60. The highest BCUT2D eigenvalue weighted by molar-refractivity contribution is 6.31. The van der Waals surface area contributed by atoms with E-state index < -0.39 is 17.7 Å². The average Bonchev–Trinajstić information content (AvgIpc) is 2.75. The van der Waals surface area contributed by atoms with Gasteiger partial charge in [-0.25, -0.2) is 19.3 Å². The number of rotatable bonds is 4. The van der Waals surface area contributed by atoms with Gasteiger partial charge in [-0.05, 0) is 24.3 Å². The SMILES string of the molecule is Cn1c(N2CCOC(C(=O)c3cc(F)cc(Cl)c3)C2)nc(-c2ccncn2)cc1=O. The number of hydrogen-bond donors (Lipinski definition) is 0. The Kier molecular flexibility index (Phi) is 5.56. The summed E-state index contributed by atoms with van der Waals surface area (Å²) < 4.78 is 20.7. The molecule has 30 heavy (non-hydrogen) atoms. The van der Waals surface area contributed by atoms with Crippen molar-refractivity contribution >= 4 is 23.3 Å². The molecule has 1 aromatic carbocycles. The molecular weight excluding hydrogens is 413 g/mol. The van der Waals surface area contributed by atoms with Crippen molar-refractivity contribution in [1.82, 2.24) is 19.5 Å². The Bertz CT molecular complexity index is 1130. The quantitative estimate of drug-likeness (QED) is 0.587. The molecule has 3 aromatic rings. The van der Waals surface area contributed by atoms with Crippen LogP contribution in [0.4, 0.5) is 10.3 Å². The summed E-state index contributed by atoms with van der Waals surface area (Å²) in [6, 6.07) is 6.71. The molecule has 2 aromatic heterocycles. The van der Waals surface area contributed by atoms with E-state index in [0.29, 0.717) is 23.9 Å². The molecule has 1 saturated heterocycles. The molecule has 0 amide bonds. The summed E-state index contributed by atoms with van der Waals surface area (Å²) in [6.07, 6.45) is 2.09.